The fraction of sp³-hybridized carbons (Fsp3) is 0.136. The van der Waals surface area contributed by atoms with Gasteiger partial charge in [0.2, 0.25) is 0 Å². The molecule has 0 saturated heterocycles. The molecule has 32 heavy (non-hydrogen) atoms. The third kappa shape index (κ3) is 4.21. The van der Waals surface area contributed by atoms with Crippen LogP contribution in [-0.4, -0.2) is 35.0 Å². The minimum Gasteiger partial charge on any atom is -0.493 e. The van der Waals surface area contributed by atoms with Crippen molar-refractivity contribution in [2.75, 3.05) is 19.1 Å². The fourth-order valence-corrected chi connectivity index (χ4v) is 4.14. The van der Waals surface area contributed by atoms with Crippen LogP contribution in [0.4, 0.5) is 10.8 Å². The molecule has 9 nitrogen and oxygen atoms in total. The molecular weight excluding hydrogens is 432 g/mol. The highest BCUT2D eigenvalue weighted by molar-refractivity contribution is 7.22. The first kappa shape index (κ1) is 21.2. The third-order valence-electron chi connectivity index (χ3n) is 4.73. The molecule has 0 aliphatic rings. The number of pyridine rings is 1. The molecule has 0 aliphatic carbocycles. The number of ether oxygens (including phenoxy) is 2. The zero-order valence-corrected chi connectivity index (χ0v) is 18.0. The lowest BCUT2D eigenvalue weighted by Crippen LogP contribution is -2.30. The number of nitro groups is 1. The van der Waals surface area contributed by atoms with E-state index >= 15 is 0 Å². The van der Waals surface area contributed by atoms with E-state index in [1.165, 1.54) is 41.5 Å². The molecule has 0 aliphatic heterocycles. The maximum atomic E-state index is 13.4. The Morgan fingerprint density at radius 1 is 1.12 bits per heavy atom. The van der Waals surface area contributed by atoms with Gasteiger partial charge in [-0.3, -0.25) is 24.8 Å². The number of anilines is 1. The van der Waals surface area contributed by atoms with Crippen LogP contribution >= 0.6 is 11.3 Å². The van der Waals surface area contributed by atoms with Crippen molar-refractivity contribution in [1.82, 2.24) is 9.97 Å². The lowest BCUT2D eigenvalue weighted by molar-refractivity contribution is -0.384. The Balaban J connectivity index is 1.80. The molecule has 0 radical (unpaired) electrons. The van der Waals surface area contributed by atoms with Crippen LogP contribution in [0.25, 0.3) is 10.2 Å². The second kappa shape index (κ2) is 8.98. The summed E-state index contributed by atoms with van der Waals surface area (Å²) in [5.74, 6) is 0.676. The lowest BCUT2D eigenvalue weighted by atomic mass is 10.1. The number of hydrogen-bond acceptors (Lipinski definition) is 8. The van der Waals surface area contributed by atoms with Crippen LogP contribution in [0.2, 0.25) is 0 Å². The van der Waals surface area contributed by atoms with Gasteiger partial charge in [0.05, 0.1) is 35.9 Å². The van der Waals surface area contributed by atoms with Gasteiger partial charge in [-0.15, -0.1) is 0 Å². The quantitative estimate of drug-likeness (QED) is 0.302. The van der Waals surface area contributed by atoms with E-state index in [2.05, 4.69) is 9.97 Å². The molecule has 0 bridgehead atoms. The van der Waals surface area contributed by atoms with Crippen molar-refractivity contribution >= 4 is 38.3 Å². The smallest absolute Gasteiger partial charge is 0.270 e. The molecule has 2 heterocycles. The van der Waals surface area contributed by atoms with Crippen LogP contribution in [0.15, 0.2) is 60.9 Å². The average Bonchev–Trinajstić information content (AvgIpc) is 3.24. The van der Waals surface area contributed by atoms with E-state index in [1.54, 1.807) is 43.8 Å². The number of nitro benzene ring substituents is 1. The standard InChI is InChI=1S/C22H18N4O5S/c1-30-18-10-17-20(11-19(18)31-2)32-22(24-17)25(13-14-5-4-8-23-12-14)21(27)15-6-3-7-16(9-15)26(28)29/h3-12H,13H2,1-2H3. The summed E-state index contributed by atoms with van der Waals surface area (Å²) in [6.45, 7) is 0.198. The van der Waals surface area contributed by atoms with Crippen LogP contribution < -0.4 is 14.4 Å². The monoisotopic (exact) mass is 450 g/mol. The summed E-state index contributed by atoms with van der Waals surface area (Å²) < 4.78 is 11.5. The predicted molar refractivity (Wildman–Crippen MR) is 121 cm³/mol. The number of carbonyl (C=O) groups is 1. The zero-order valence-electron chi connectivity index (χ0n) is 17.2. The van der Waals surface area contributed by atoms with Crippen molar-refractivity contribution in [2.24, 2.45) is 0 Å². The number of nitrogens with zero attached hydrogens (tertiary/aromatic N) is 4. The zero-order chi connectivity index (χ0) is 22.7. The summed E-state index contributed by atoms with van der Waals surface area (Å²) in [5, 5.41) is 11.6. The predicted octanol–water partition coefficient (Wildman–Crippen LogP) is 4.46. The average molecular weight is 450 g/mol. The number of amides is 1. The van der Waals surface area contributed by atoms with Gasteiger partial charge in [0, 0.05) is 42.2 Å². The van der Waals surface area contributed by atoms with Gasteiger partial charge in [-0.25, -0.2) is 4.98 Å². The molecule has 10 heteroatoms. The van der Waals surface area contributed by atoms with Gasteiger partial charge in [-0.05, 0) is 17.7 Å². The van der Waals surface area contributed by atoms with Crippen LogP contribution in [0.3, 0.4) is 0 Å². The molecule has 0 N–H and O–H groups in total. The fourth-order valence-electron chi connectivity index (χ4n) is 3.17. The maximum absolute atomic E-state index is 13.4. The van der Waals surface area contributed by atoms with E-state index in [4.69, 9.17) is 9.47 Å². The molecule has 2 aromatic carbocycles. The van der Waals surface area contributed by atoms with Crippen molar-refractivity contribution in [3.63, 3.8) is 0 Å². The number of rotatable bonds is 7. The topological polar surface area (TPSA) is 108 Å². The van der Waals surface area contributed by atoms with Crippen LogP contribution in [0.5, 0.6) is 11.5 Å². The summed E-state index contributed by atoms with van der Waals surface area (Å²) in [7, 11) is 3.09. The van der Waals surface area contributed by atoms with Crippen molar-refractivity contribution in [2.45, 2.75) is 6.54 Å². The first-order chi connectivity index (χ1) is 15.5. The molecule has 4 aromatic rings. The van der Waals surface area contributed by atoms with Crippen LogP contribution in [0.1, 0.15) is 15.9 Å². The van der Waals surface area contributed by atoms with E-state index in [-0.39, 0.29) is 17.8 Å². The van der Waals surface area contributed by atoms with Crippen molar-refractivity contribution in [3.8, 4) is 11.5 Å². The number of methoxy groups -OCH3 is 2. The summed E-state index contributed by atoms with van der Waals surface area (Å²) in [5.41, 5.74) is 1.47. The van der Waals surface area contributed by atoms with Gasteiger partial charge in [0.1, 0.15) is 0 Å². The Morgan fingerprint density at radius 3 is 2.59 bits per heavy atom. The van der Waals surface area contributed by atoms with Gasteiger partial charge in [0.15, 0.2) is 16.6 Å². The Morgan fingerprint density at radius 2 is 1.91 bits per heavy atom. The SMILES string of the molecule is COc1cc2nc(N(Cc3cccnc3)C(=O)c3cccc([N+](=O)[O-])c3)sc2cc1OC. The molecule has 0 unspecified atom stereocenters. The molecule has 1 amide bonds. The summed E-state index contributed by atoms with van der Waals surface area (Å²) in [6.07, 6.45) is 3.31. The lowest BCUT2D eigenvalue weighted by Gasteiger charge is -2.20. The molecule has 4 rings (SSSR count). The first-order valence-corrected chi connectivity index (χ1v) is 10.3. The molecule has 0 spiro atoms. The van der Waals surface area contributed by atoms with Crippen molar-refractivity contribution in [3.05, 3.63) is 82.2 Å². The highest BCUT2D eigenvalue weighted by Crippen LogP contribution is 2.38. The van der Waals surface area contributed by atoms with Crippen LogP contribution in [-0.2, 0) is 6.54 Å². The second-order valence-corrected chi connectivity index (χ2v) is 7.74. The number of benzene rings is 2. The van der Waals surface area contributed by atoms with E-state index < -0.39 is 10.8 Å². The highest BCUT2D eigenvalue weighted by Gasteiger charge is 2.24. The molecule has 162 valence electrons. The summed E-state index contributed by atoms with van der Waals surface area (Å²) in [4.78, 5) is 34.3. The van der Waals surface area contributed by atoms with Crippen LogP contribution in [0, 0.1) is 10.1 Å². The number of fused-ring (bicyclic) bond motifs is 1. The number of aromatic nitrogens is 2. The second-order valence-electron chi connectivity index (χ2n) is 6.73. The largest absolute Gasteiger partial charge is 0.493 e. The number of thiazole rings is 1. The van der Waals surface area contributed by atoms with Gasteiger partial charge in [-0.1, -0.05) is 23.5 Å². The van der Waals surface area contributed by atoms with E-state index in [1.807, 2.05) is 6.07 Å². The normalized spacial score (nSPS) is 10.7. The number of carbonyl (C=O) groups excluding carboxylic acids is 1. The molecular formula is C22H18N4O5S. The van der Waals surface area contributed by atoms with E-state index in [0.717, 1.165) is 10.3 Å². The highest BCUT2D eigenvalue weighted by atomic mass is 32.1. The Bertz CT molecular complexity index is 1250. The van der Waals surface area contributed by atoms with Gasteiger partial charge in [-0.2, -0.15) is 0 Å². The van der Waals surface area contributed by atoms with Gasteiger partial charge >= 0.3 is 0 Å². The summed E-state index contributed by atoms with van der Waals surface area (Å²) >= 11 is 1.31. The molecule has 2 aromatic heterocycles. The van der Waals surface area contributed by atoms with E-state index in [9.17, 15) is 14.9 Å². The van der Waals surface area contributed by atoms with E-state index in [0.29, 0.717) is 22.1 Å². The minimum atomic E-state index is -0.529. The summed E-state index contributed by atoms with van der Waals surface area (Å²) in [6, 6.07) is 12.8. The first-order valence-electron chi connectivity index (χ1n) is 9.48. The van der Waals surface area contributed by atoms with Gasteiger partial charge < -0.3 is 9.47 Å². The Hall–Kier alpha value is -4.05. The van der Waals surface area contributed by atoms with Crippen molar-refractivity contribution in [1.29, 1.82) is 0 Å². The molecule has 0 saturated carbocycles. The Labute approximate surface area is 187 Å². The minimum absolute atomic E-state index is 0.157. The number of hydrogen-bond donors (Lipinski definition) is 0. The molecule has 0 fully saturated rings. The Kier molecular flexibility index (Phi) is 5.95. The molecule has 0 atom stereocenters. The van der Waals surface area contributed by atoms with Crippen molar-refractivity contribution < 1.29 is 19.2 Å². The maximum Gasteiger partial charge on any atom is 0.270 e. The third-order valence-corrected chi connectivity index (χ3v) is 5.77. The number of non-ortho nitro benzene ring substituents is 1. The van der Waals surface area contributed by atoms with Gasteiger partial charge in [0.25, 0.3) is 11.6 Å².